The number of anilines is 2. The van der Waals surface area contributed by atoms with Gasteiger partial charge >= 0.3 is 0 Å². The average molecular weight is 619 g/mol. The van der Waals surface area contributed by atoms with E-state index in [1.54, 1.807) is 23.0 Å². The number of rotatable bonds is 8. The van der Waals surface area contributed by atoms with Gasteiger partial charge in [-0.25, -0.2) is 9.97 Å². The van der Waals surface area contributed by atoms with Crippen LogP contribution in [0.15, 0.2) is 35.1 Å². The summed E-state index contributed by atoms with van der Waals surface area (Å²) >= 11 is 7.32. The first-order valence-corrected chi connectivity index (χ1v) is 16.3. The number of fused-ring (bicyclic) bond motifs is 2. The van der Waals surface area contributed by atoms with E-state index in [-0.39, 0.29) is 28.4 Å². The highest BCUT2D eigenvalue weighted by Gasteiger charge is 2.58. The Hall–Kier alpha value is -3.57. The number of benzene rings is 1. The lowest BCUT2D eigenvalue weighted by Crippen LogP contribution is -2.32. The van der Waals surface area contributed by atoms with E-state index in [2.05, 4.69) is 43.7 Å². The molecule has 4 aromatic rings. The molecule has 1 aromatic carbocycles. The van der Waals surface area contributed by atoms with E-state index in [0.717, 1.165) is 29.9 Å². The molecule has 43 heavy (non-hydrogen) atoms. The summed E-state index contributed by atoms with van der Waals surface area (Å²) in [7, 11) is 1.82. The minimum Gasteiger partial charge on any atom is -0.377 e. The van der Waals surface area contributed by atoms with Gasteiger partial charge in [0.1, 0.15) is 5.15 Å². The number of piperidine rings is 1. The summed E-state index contributed by atoms with van der Waals surface area (Å²) in [6.45, 7) is 7.80. The number of carbonyl (C=O) groups is 1. The third-order valence-electron chi connectivity index (χ3n) is 9.04. The van der Waals surface area contributed by atoms with Gasteiger partial charge in [-0.05, 0) is 75.3 Å². The molecule has 0 radical (unpaired) electrons. The minimum absolute atomic E-state index is 0.0649. The molecule has 4 heterocycles. The van der Waals surface area contributed by atoms with Crippen LogP contribution in [-0.2, 0) is 7.05 Å². The zero-order valence-corrected chi connectivity index (χ0v) is 26.5. The van der Waals surface area contributed by atoms with Gasteiger partial charge in [0, 0.05) is 43.6 Å². The van der Waals surface area contributed by atoms with Gasteiger partial charge in [-0.2, -0.15) is 5.10 Å². The number of hydrogen-bond acceptors (Lipinski definition) is 8. The number of nitrogens with one attached hydrogen (secondary N) is 2. The molecule has 1 aliphatic heterocycles. The first-order chi connectivity index (χ1) is 20.6. The molecule has 0 bridgehead atoms. The van der Waals surface area contributed by atoms with E-state index >= 15 is 0 Å². The smallest absolute Gasteiger partial charge is 0.281 e. The van der Waals surface area contributed by atoms with Gasteiger partial charge < -0.3 is 10.2 Å². The molecule has 0 spiro atoms. The monoisotopic (exact) mass is 618 g/mol. The molecule has 1 saturated heterocycles. The molecule has 12 heteroatoms. The van der Waals surface area contributed by atoms with E-state index < -0.39 is 0 Å². The molecular formula is C31H35ClN8O2S. The van der Waals surface area contributed by atoms with E-state index in [9.17, 15) is 9.59 Å². The highest BCUT2D eigenvalue weighted by Crippen LogP contribution is 2.59. The first kappa shape index (κ1) is 28.2. The third-order valence-corrected chi connectivity index (χ3v) is 9.64. The molecule has 3 unspecified atom stereocenters. The maximum atomic E-state index is 13.7. The third kappa shape index (κ3) is 4.96. The lowest BCUT2D eigenvalue weighted by molar-refractivity contribution is 0.0980. The molecule has 3 aliphatic rings. The minimum atomic E-state index is -0.339. The van der Waals surface area contributed by atoms with Crippen molar-refractivity contribution < 1.29 is 4.79 Å². The van der Waals surface area contributed by atoms with Gasteiger partial charge in [-0.3, -0.25) is 23.6 Å². The Balaban J connectivity index is 1.19. The fraction of sp³-hybridized carbons (Fsp3) is 0.452. The quantitative estimate of drug-likeness (QED) is 0.206. The SMILES string of the molecule is CSNC(=O)c1nc(Cl)ccc1NC(C)c1cc(C)cc2c(=O)n(C)c(N3CC4C(C3)C4c3cc(C)nn3C3CC3)nc12. The van der Waals surface area contributed by atoms with Crippen LogP contribution >= 0.6 is 23.5 Å². The number of carbonyl (C=O) groups excluding carboxylic acids is 1. The Morgan fingerprint density at radius 2 is 1.86 bits per heavy atom. The van der Waals surface area contributed by atoms with Gasteiger partial charge in [0.05, 0.1) is 34.4 Å². The highest BCUT2D eigenvalue weighted by molar-refractivity contribution is 7.97. The number of nitrogens with zero attached hydrogens (tertiary/aromatic N) is 6. The van der Waals surface area contributed by atoms with Crippen LogP contribution in [0.2, 0.25) is 5.15 Å². The van der Waals surface area contributed by atoms with Gasteiger partial charge in [0.2, 0.25) is 5.95 Å². The first-order valence-electron chi connectivity index (χ1n) is 14.7. The van der Waals surface area contributed by atoms with Crippen LogP contribution in [0, 0.1) is 25.7 Å². The van der Waals surface area contributed by atoms with Crippen LogP contribution in [0.3, 0.4) is 0 Å². The van der Waals surface area contributed by atoms with Crippen molar-refractivity contribution in [3.63, 3.8) is 0 Å². The van der Waals surface area contributed by atoms with Gasteiger partial charge in [0.25, 0.3) is 11.5 Å². The summed E-state index contributed by atoms with van der Waals surface area (Å²) in [5.74, 6) is 1.98. The van der Waals surface area contributed by atoms with Crippen molar-refractivity contribution in [2.75, 3.05) is 29.6 Å². The number of amides is 1. The van der Waals surface area contributed by atoms with Crippen molar-refractivity contribution in [3.8, 4) is 0 Å². The van der Waals surface area contributed by atoms with Crippen LogP contribution in [0.1, 0.15) is 70.8 Å². The molecule has 1 amide bonds. The van der Waals surface area contributed by atoms with Gasteiger partial charge in [-0.15, -0.1) is 0 Å². The molecule has 7 rings (SSSR count). The van der Waals surface area contributed by atoms with Crippen LogP contribution in [0.25, 0.3) is 10.9 Å². The number of aryl methyl sites for hydroxylation is 2. The summed E-state index contributed by atoms with van der Waals surface area (Å²) in [6, 6.07) is 9.93. The van der Waals surface area contributed by atoms with E-state index in [1.165, 1.54) is 30.5 Å². The average Bonchev–Trinajstić information content (AvgIpc) is 3.86. The normalized spacial score (nSPS) is 21.6. The molecule has 3 aromatic heterocycles. The summed E-state index contributed by atoms with van der Waals surface area (Å²) in [5, 5.41) is 9.04. The van der Waals surface area contributed by atoms with Crippen molar-refractivity contribution in [1.82, 2.24) is 29.0 Å². The summed E-state index contributed by atoms with van der Waals surface area (Å²) in [5.41, 5.74) is 5.68. The summed E-state index contributed by atoms with van der Waals surface area (Å²) in [6.07, 6.45) is 4.22. The summed E-state index contributed by atoms with van der Waals surface area (Å²) in [4.78, 5) is 38.1. The Morgan fingerprint density at radius 1 is 1.12 bits per heavy atom. The van der Waals surface area contributed by atoms with E-state index in [4.69, 9.17) is 21.7 Å². The standard InChI is InChI=1S/C31H35ClN8O2S/c1-15-10-19(17(3)33-23-8-9-25(32)34-28(23)29(41)37-43-5)27-20(11-15)30(42)38(4)31(35-27)39-13-21-22(14-39)26(21)24-12-16(2)36-40(24)18-6-7-18/h8-12,17-18,21-22,26,33H,6-7,13-14H2,1-5H3,(H,37,41). The Morgan fingerprint density at radius 3 is 2.56 bits per heavy atom. The Kier molecular flexibility index (Phi) is 6.92. The second-order valence-corrected chi connectivity index (χ2v) is 13.2. The number of pyridine rings is 1. The predicted molar refractivity (Wildman–Crippen MR) is 171 cm³/mol. The predicted octanol–water partition coefficient (Wildman–Crippen LogP) is 5.16. The van der Waals surface area contributed by atoms with Gasteiger partial charge in [0.15, 0.2) is 5.69 Å². The van der Waals surface area contributed by atoms with Crippen molar-refractivity contribution >= 4 is 52.0 Å². The van der Waals surface area contributed by atoms with E-state index in [0.29, 0.717) is 46.3 Å². The zero-order valence-electron chi connectivity index (χ0n) is 24.9. The largest absolute Gasteiger partial charge is 0.377 e. The number of hydrogen-bond donors (Lipinski definition) is 2. The van der Waals surface area contributed by atoms with E-state index in [1.807, 2.05) is 27.0 Å². The van der Waals surface area contributed by atoms with Crippen molar-refractivity contribution in [3.05, 3.63) is 74.0 Å². The fourth-order valence-electron chi connectivity index (χ4n) is 6.86. The molecule has 224 valence electrons. The molecule has 3 atom stereocenters. The van der Waals surface area contributed by atoms with Crippen LogP contribution in [-0.4, -0.2) is 49.6 Å². The maximum Gasteiger partial charge on any atom is 0.281 e. The second kappa shape index (κ2) is 10.6. The zero-order chi connectivity index (χ0) is 30.2. The molecular weight excluding hydrogens is 584 g/mol. The molecule has 10 nitrogen and oxygen atoms in total. The topological polar surface area (TPSA) is 110 Å². The summed E-state index contributed by atoms with van der Waals surface area (Å²) < 4.78 is 6.69. The molecule has 2 saturated carbocycles. The van der Waals surface area contributed by atoms with Crippen LogP contribution in [0.4, 0.5) is 11.6 Å². The van der Waals surface area contributed by atoms with Gasteiger partial charge in [-0.1, -0.05) is 29.6 Å². The van der Waals surface area contributed by atoms with Crippen molar-refractivity contribution in [2.45, 2.75) is 51.6 Å². The maximum absolute atomic E-state index is 13.7. The molecule has 2 N–H and O–H groups in total. The fourth-order valence-corrected chi connectivity index (χ4v) is 7.29. The molecule has 3 fully saturated rings. The lowest BCUT2D eigenvalue weighted by atomic mass is 10.0. The highest BCUT2D eigenvalue weighted by atomic mass is 35.5. The van der Waals surface area contributed by atoms with Crippen LogP contribution in [0.5, 0.6) is 0 Å². The Bertz CT molecular complexity index is 1820. The Labute approximate surface area is 259 Å². The van der Waals surface area contributed by atoms with Crippen molar-refractivity contribution in [1.29, 1.82) is 0 Å². The number of aromatic nitrogens is 5. The van der Waals surface area contributed by atoms with Crippen LogP contribution < -0.4 is 20.5 Å². The second-order valence-electron chi connectivity index (χ2n) is 12.2. The number of halogens is 1. The van der Waals surface area contributed by atoms with Crippen molar-refractivity contribution in [2.24, 2.45) is 18.9 Å². The molecule has 2 aliphatic carbocycles. The lowest BCUT2D eigenvalue weighted by Gasteiger charge is -2.25.